The van der Waals surface area contributed by atoms with E-state index in [1.165, 1.54) is 238 Å². The first-order valence-electron chi connectivity index (χ1n) is 34.8. The molecule has 0 saturated carbocycles. The van der Waals surface area contributed by atoms with Gasteiger partial charge in [0.05, 0.1) is 0 Å². The van der Waals surface area contributed by atoms with Gasteiger partial charge in [0, 0.05) is 19.3 Å². The second-order valence-electron chi connectivity index (χ2n) is 23.4. The van der Waals surface area contributed by atoms with Crippen LogP contribution in [0.1, 0.15) is 367 Å². The van der Waals surface area contributed by atoms with Gasteiger partial charge in [-0.15, -0.1) is 0 Å². The molecule has 0 fully saturated rings. The minimum Gasteiger partial charge on any atom is -0.462 e. The van der Waals surface area contributed by atoms with E-state index in [1.54, 1.807) is 0 Å². The van der Waals surface area contributed by atoms with E-state index in [-0.39, 0.29) is 31.1 Å². The molecule has 79 heavy (non-hydrogen) atoms. The molecule has 0 amide bonds. The highest BCUT2D eigenvalue weighted by atomic mass is 16.6. The monoisotopic (exact) mass is 1110 g/mol. The van der Waals surface area contributed by atoms with Crippen molar-refractivity contribution in [3.05, 3.63) is 60.8 Å². The van der Waals surface area contributed by atoms with Crippen LogP contribution in [0.2, 0.25) is 0 Å². The molecule has 0 aliphatic carbocycles. The average Bonchev–Trinajstić information content (AvgIpc) is 3.45. The number of carbonyl (C=O) groups excluding carboxylic acids is 3. The van der Waals surface area contributed by atoms with Gasteiger partial charge in [0.15, 0.2) is 6.10 Å². The Morgan fingerprint density at radius 3 is 0.810 bits per heavy atom. The molecule has 0 N–H and O–H groups in total. The molecule has 1 atom stereocenters. The molecule has 0 aliphatic heterocycles. The molecule has 0 aromatic heterocycles. The minimum absolute atomic E-state index is 0.0821. The SMILES string of the molecule is CC/C=C\C/C=C\C/C=C\CCCCCC(=O)OCC(COC(=O)CCCCCCCCCCCCCCCCCCCCCCCCCCCCCCC)OC(=O)CCCCCCCCCCC/C=C\C/C=C\CCCCC. The Morgan fingerprint density at radius 2 is 0.494 bits per heavy atom. The van der Waals surface area contributed by atoms with Crippen LogP contribution in [0.5, 0.6) is 0 Å². The maximum atomic E-state index is 12.9. The maximum absolute atomic E-state index is 12.9. The topological polar surface area (TPSA) is 78.9 Å². The highest BCUT2D eigenvalue weighted by Crippen LogP contribution is 2.18. The first-order chi connectivity index (χ1) is 39.0. The summed E-state index contributed by atoms with van der Waals surface area (Å²) >= 11 is 0. The maximum Gasteiger partial charge on any atom is 0.306 e. The van der Waals surface area contributed by atoms with E-state index in [1.807, 2.05) is 0 Å². The first-order valence-corrected chi connectivity index (χ1v) is 34.8. The summed E-state index contributed by atoms with van der Waals surface area (Å²) < 4.78 is 16.9. The van der Waals surface area contributed by atoms with Gasteiger partial charge in [-0.05, 0) is 83.5 Å². The van der Waals surface area contributed by atoms with E-state index in [4.69, 9.17) is 14.2 Å². The molecular weight excluding hydrogens is 973 g/mol. The fourth-order valence-corrected chi connectivity index (χ4v) is 10.3. The minimum atomic E-state index is -0.788. The second-order valence-corrected chi connectivity index (χ2v) is 23.4. The summed E-state index contributed by atoms with van der Waals surface area (Å²) in [7, 11) is 0. The lowest BCUT2D eigenvalue weighted by atomic mass is 10.0. The third kappa shape index (κ3) is 65.8. The summed E-state index contributed by atoms with van der Waals surface area (Å²) in [6.45, 7) is 6.53. The zero-order valence-electron chi connectivity index (χ0n) is 52.9. The largest absolute Gasteiger partial charge is 0.462 e. The van der Waals surface area contributed by atoms with Crippen LogP contribution in [0.3, 0.4) is 0 Å². The molecule has 0 bridgehead atoms. The smallest absolute Gasteiger partial charge is 0.306 e. The fourth-order valence-electron chi connectivity index (χ4n) is 10.3. The van der Waals surface area contributed by atoms with E-state index in [0.29, 0.717) is 19.3 Å². The second kappa shape index (κ2) is 67.6. The lowest BCUT2D eigenvalue weighted by Gasteiger charge is -2.18. The number of rotatable bonds is 64. The quantitative estimate of drug-likeness (QED) is 0.0261. The molecule has 0 spiro atoms. The molecule has 0 aromatic carbocycles. The van der Waals surface area contributed by atoms with Crippen LogP contribution in [0.15, 0.2) is 60.8 Å². The molecule has 0 rings (SSSR count). The number of unbranched alkanes of at least 4 members (excludes halogenated alkanes) is 43. The van der Waals surface area contributed by atoms with E-state index in [2.05, 4.69) is 81.5 Å². The van der Waals surface area contributed by atoms with Crippen molar-refractivity contribution >= 4 is 17.9 Å². The number of carbonyl (C=O) groups is 3. The Kier molecular flexibility index (Phi) is 65.1. The Balaban J connectivity index is 4.20. The summed E-state index contributed by atoms with van der Waals surface area (Å²) in [4.78, 5) is 38.3. The number of ether oxygens (including phenoxy) is 3. The standard InChI is InChI=1S/C73H132O6/c1-4-7-10-13-16-19-22-25-27-29-31-32-33-34-35-36-37-38-39-40-42-43-45-48-51-54-57-60-63-66-72(75)78-69-70(68-77-71(74)65-62-59-56-53-50-47-24-21-18-15-12-9-6-3)79-73(76)67-64-61-58-55-52-49-46-44-41-30-28-26-23-20-17-14-11-8-5-2/h9,12,17-18,20-21,26,28,47,50,70H,4-8,10-11,13-16,19,22-25,27,29-46,48-49,51-69H2,1-3H3/b12-9-,20-17-,21-18-,28-26-,50-47-. The molecule has 6 nitrogen and oxygen atoms in total. The van der Waals surface area contributed by atoms with Gasteiger partial charge in [-0.3, -0.25) is 14.4 Å². The lowest BCUT2D eigenvalue weighted by Crippen LogP contribution is -2.30. The van der Waals surface area contributed by atoms with Crippen LogP contribution in [0.25, 0.3) is 0 Å². The highest BCUT2D eigenvalue weighted by molar-refractivity contribution is 5.71. The van der Waals surface area contributed by atoms with Crippen molar-refractivity contribution in [3.8, 4) is 0 Å². The summed E-state index contributed by atoms with van der Waals surface area (Å²) in [5.41, 5.74) is 0. The summed E-state index contributed by atoms with van der Waals surface area (Å²) in [5, 5.41) is 0. The van der Waals surface area contributed by atoms with E-state index >= 15 is 0 Å². The Morgan fingerprint density at radius 1 is 0.266 bits per heavy atom. The Hall–Kier alpha value is -2.89. The number of allylic oxidation sites excluding steroid dienone is 10. The lowest BCUT2D eigenvalue weighted by molar-refractivity contribution is -0.167. The van der Waals surface area contributed by atoms with E-state index in [0.717, 1.165) is 89.9 Å². The zero-order valence-corrected chi connectivity index (χ0v) is 52.9. The number of esters is 3. The molecule has 460 valence electrons. The highest BCUT2D eigenvalue weighted by Gasteiger charge is 2.19. The van der Waals surface area contributed by atoms with Gasteiger partial charge in [-0.2, -0.15) is 0 Å². The van der Waals surface area contributed by atoms with Crippen molar-refractivity contribution in [3.63, 3.8) is 0 Å². The van der Waals surface area contributed by atoms with Crippen molar-refractivity contribution in [2.75, 3.05) is 13.2 Å². The number of hydrogen-bond donors (Lipinski definition) is 0. The summed E-state index contributed by atoms with van der Waals surface area (Å²) in [6.07, 6.45) is 86.9. The molecule has 0 radical (unpaired) electrons. The van der Waals surface area contributed by atoms with Gasteiger partial charge in [0.1, 0.15) is 13.2 Å². The molecular formula is C73H132O6. The van der Waals surface area contributed by atoms with Crippen LogP contribution in [-0.2, 0) is 28.6 Å². The van der Waals surface area contributed by atoms with Crippen molar-refractivity contribution in [1.29, 1.82) is 0 Å². The van der Waals surface area contributed by atoms with Crippen LogP contribution >= 0.6 is 0 Å². The normalized spacial score (nSPS) is 12.4. The fraction of sp³-hybridized carbons (Fsp3) is 0.822. The third-order valence-electron chi connectivity index (χ3n) is 15.5. The first kappa shape index (κ1) is 76.1. The van der Waals surface area contributed by atoms with Gasteiger partial charge >= 0.3 is 17.9 Å². The van der Waals surface area contributed by atoms with E-state index < -0.39 is 6.10 Å². The molecule has 0 aromatic rings. The summed E-state index contributed by atoms with van der Waals surface area (Å²) in [6, 6.07) is 0. The van der Waals surface area contributed by atoms with Crippen LogP contribution in [0.4, 0.5) is 0 Å². The van der Waals surface area contributed by atoms with Crippen molar-refractivity contribution in [2.45, 2.75) is 374 Å². The number of hydrogen-bond acceptors (Lipinski definition) is 6. The van der Waals surface area contributed by atoms with Crippen LogP contribution in [0, 0.1) is 0 Å². The predicted molar refractivity (Wildman–Crippen MR) is 344 cm³/mol. The van der Waals surface area contributed by atoms with Crippen LogP contribution in [-0.4, -0.2) is 37.2 Å². The van der Waals surface area contributed by atoms with Crippen molar-refractivity contribution in [2.24, 2.45) is 0 Å². The van der Waals surface area contributed by atoms with Crippen LogP contribution < -0.4 is 0 Å². The Labute approximate surface area is 491 Å². The molecule has 1 unspecified atom stereocenters. The predicted octanol–water partition coefficient (Wildman–Crippen LogP) is 23.9. The average molecular weight is 1110 g/mol. The molecule has 6 heteroatoms. The summed E-state index contributed by atoms with van der Waals surface area (Å²) in [5.74, 6) is -0.897. The Bertz CT molecular complexity index is 1410. The third-order valence-corrected chi connectivity index (χ3v) is 15.5. The molecule has 0 aliphatic rings. The zero-order chi connectivity index (χ0) is 57.1. The molecule has 0 heterocycles. The van der Waals surface area contributed by atoms with Gasteiger partial charge in [0.2, 0.25) is 0 Å². The van der Waals surface area contributed by atoms with Gasteiger partial charge in [-0.25, -0.2) is 0 Å². The van der Waals surface area contributed by atoms with Crippen molar-refractivity contribution < 1.29 is 28.6 Å². The van der Waals surface area contributed by atoms with E-state index in [9.17, 15) is 14.4 Å². The van der Waals surface area contributed by atoms with Gasteiger partial charge in [-0.1, -0.05) is 326 Å². The molecule has 0 saturated heterocycles. The van der Waals surface area contributed by atoms with Crippen molar-refractivity contribution in [1.82, 2.24) is 0 Å². The van der Waals surface area contributed by atoms with Gasteiger partial charge in [0.25, 0.3) is 0 Å². The van der Waals surface area contributed by atoms with Gasteiger partial charge < -0.3 is 14.2 Å².